The zero-order valence-electron chi connectivity index (χ0n) is 9.66. The lowest BCUT2D eigenvalue weighted by Crippen LogP contribution is -2.34. The van der Waals surface area contributed by atoms with Gasteiger partial charge in [0.05, 0.1) is 18.9 Å². The van der Waals surface area contributed by atoms with Gasteiger partial charge in [0.25, 0.3) is 0 Å². The summed E-state index contributed by atoms with van der Waals surface area (Å²) in [5.74, 6) is 0.937. The third kappa shape index (κ3) is 4.46. The number of aliphatic hydroxyl groups is 1. The lowest BCUT2D eigenvalue weighted by Gasteiger charge is -2.16. The molecule has 4 nitrogen and oxygen atoms in total. The Hall–Kier alpha value is -0.840. The van der Waals surface area contributed by atoms with E-state index in [-0.39, 0.29) is 6.10 Å². The van der Waals surface area contributed by atoms with Crippen molar-refractivity contribution in [3.8, 4) is 0 Å². The van der Waals surface area contributed by atoms with E-state index >= 15 is 0 Å². The lowest BCUT2D eigenvalue weighted by molar-refractivity contribution is 0.134. The summed E-state index contributed by atoms with van der Waals surface area (Å²) in [4.78, 5) is 1.96. The van der Waals surface area contributed by atoms with Gasteiger partial charge in [0, 0.05) is 13.1 Å². The number of rotatable bonds is 6. The quantitative estimate of drug-likeness (QED) is 0.725. The minimum atomic E-state index is -0.338. The third-order valence-corrected chi connectivity index (χ3v) is 2.21. The van der Waals surface area contributed by atoms with Gasteiger partial charge in [0.15, 0.2) is 0 Å². The van der Waals surface area contributed by atoms with Gasteiger partial charge >= 0.3 is 0 Å². The molecule has 0 aromatic carbocycles. The van der Waals surface area contributed by atoms with E-state index in [9.17, 15) is 5.11 Å². The van der Waals surface area contributed by atoms with Crippen LogP contribution in [0.15, 0.2) is 16.7 Å². The fourth-order valence-electron chi connectivity index (χ4n) is 1.42. The molecule has 1 unspecified atom stereocenters. The summed E-state index contributed by atoms with van der Waals surface area (Å²) in [5, 5.41) is 12.7. The summed E-state index contributed by atoms with van der Waals surface area (Å²) in [6.07, 6.45) is 1.35. The molecule has 4 heteroatoms. The van der Waals surface area contributed by atoms with E-state index in [0.717, 1.165) is 11.3 Å². The highest BCUT2D eigenvalue weighted by atomic mass is 16.3. The number of hydrogen-bond acceptors (Lipinski definition) is 4. The molecule has 0 saturated heterocycles. The largest absolute Gasteiger partial charge is 0.468 e. The lowest BCUT2D eigenvalue weighted by atomic mass is 10.2. The van der Waals surface area contributed by atoms with Crippen molar-refractivity contribution in [3.63, 3.8) is 0 Å². The van der Waals surface area contributed by atoms with Gasteiger partial charge in [-0.15, -0.1) is 0 Å². The maximum absolute atomic E-state index is 9.58. The highest BCUT2D eigenvalue weighted by Gasteiger charge is 2.06. The second kappa shape index (κ2) is 5.90. The Morgan fingerprint density at radius 1 is 1.53 bits per heavy atom. The standard InChI is InChI=1S/C11H20N2O2/c1-9-4-5-15-11(9)7-12-6-10(14)8-13(2)3/h4-5,10,12,14H,6-8H2,1-3H3. The first-order chi connectivity index (χ1) is 7.09. The molecule has 0 spiro atoms. The van der Waals surface area contributed by atoms with E-state index in [1.54, 1.807) is 6.26 Å². The topological polar surface area (TPSA) is 48.6 Å². The van der Waals surface area contributed by atoms with Crippen LogP contribution in [0, 0.1) is 6.92 Å². The van der Waals surface area contributed by atoms with Crippen molar-refractivity contribution in [3.05, 3.63) is 23.7 Å². The Bertz CT molecular complexity index is 284. The third-order valence-electron chi connectivity index (χ3n) is 2.21. The molecule has 0 aliphatic carbocycles. The summed E-state index contributed by atoms with van der Waals surface area (Å²) >= 11 is 0. The molecule has 0 bridgehead atoms. The van der Waals surface area contributed by atoms with Crippen molar-refractivity contribution in [2.75, 3.05) is 27.2 Å². The number of likely N-dealkylation sites (N-methyl/N-ethyl adjacent to an activating group) is 1. The molecule has 15 heavy (non-hydrogen) atoms. The van der Waals surface area contributed by atoms with Crippen molar-refractivity contribution in [1.82, 2.24) is 10.2 Å². The maximum atomic E-state index is 9.58. The Labute approximate surface area is 90.9 Å². The first kappa shape index (κ1) is 12.2. The molecule has 2 N–H and O–H groups in total. The number of nitrogens with zero attached hydrogens (tertiary/aromatic N) is 1. The van der Waals surface area contributed by atoms with E-state index in [4.69, 9.17) is 4.42 Å². The minimum Gasteiger partial charge on any atom is -0.468 e. The monoisotopic (exact) mass is 212 g/mol. The molecule has 0 amide bonds. The molecule has 1 aromatic rings. The number of aliphatic hydroxyl groups excluding tert-OH is 1. The van der Waals surface area contributed by atoms with Crippen LogP contribution < -0.4 is 5.32 Å². The number of nitrogens with one attached hydrogen (secondary N) is 1. The fourth-order valence-corrected chi connectivity index (χ4v) is 1.42. The van der Waals surface area contributed by atoms with E-state index in [0.29, 0.717) is 19.6 Å². The zero-order chi connectivity index (χ0) is 11.3. The van der Waals surface area contributed by atoms with Crippen molar-refractivity contribution in [1.29, 1.82) is 0 Å². The van der Waals surface area contributed by atoms with Crippen LogP contribution in [0.1, 0.15) is 11.3 Å². The molecular formula is C11H20N2O2. The second-order valence-electron chi connectivity index (χ2n) is 4.07. The van der Waals surface area contributed by atoms with Crippen LogP contribution in [0.25, 0.3) is 0 Å². The number of furan rings is 1. The van der Waals surface area contributed by atoms with E-state index in [2.05, 4.69) is 5.32 Å². The summed E-state index contributed by atoms with van der Waals surface area (Å²) in [6.45, 7) is 3.93. The number of aryl methyl sites for hydroxylation is 1. The summed E-state index contributed by atoms with van der Waals surface area (Å²) in [6, 6.07) is 1.94. The molecule has 0 radical (unpaired) electrons. The Kier molecular flexibility index (Phi) is 4.81. The highest BCUT2D eigenvalue weighted by molar-refractivity contribution is 5.14. The molecule has 86 valence electrons. The van der Waals surface area contributed by atoms with Crippen molar-refractivity contribution >= 4 is 0 Å². The van der Waals surface area contributed by atoms with Gasteiger partial charge in [0.2, 0.25) is 0 Å². The number of hydrogen-bond donors (Lipinski definition) is 2. The van der Waals surface area contributed by atoms with Crippen LogP contribution in [0.5, 0.6) is 0 Å². The van der Waals surface area contributed by atoms with Gasteiger partial charge in [0.1, 0.15) is 5.76 Å². The van der Waals surface area contributed by atoms with Crippen molar-refractivity contribution < 1.29 is 9.52 Å². The van der Waals surface area contributed by atoms with E-state index in [1.807, 2.05) is 32.0 Å². The van der Waals surface area contributed by atoms with Gasteiger partial charge in [-0.05, 0) is 32.6 Å². The molecule has 1 aromatic heterocycles. The first-order valence-electron chi connectivity index (χ1n) is 5.16. The molecule has 0 fully saturated rings. The smallest absolute Gasteiger partial charge is 0.120 e. The Morgan fingerprint density at radius 2 is 2.27 bits per heavy atom. The van der Waals surface area contributed by atoms with E-state index < -0.39 is 0 Å². The molecule has 0 saturated carbocycles. The van der Waals surface area contributed by atoms with Gasteiger partial charge in [-0.25, -0.2) is 0 Å². The Balaban J connectivity index is 2.19. The van der Waals surface area contributed by atoms with Crippen molar-refractivity contribution in [2.24, 2.45) is 0 Å². The minimum absolute atomic E-state index is 0.338. The second-order valence-corrected chi connectivity index (χ2v) is 4.07. The summed E-state index contributed by atoms with van der Waals surface area (Å²) in [7, 11) is 3.89. The molecule has 1 rings (SSSR count). The average molecular weight is 212 g/mol. The van der Waals surface area contributed by atoms with Gasteiger partial charge in [-0.1, -0.05) is 0 Å². The van der Waals surface area contributed by atoms with Gasteiger partial charge < -0.3 is 19.7 Å². The highest BCUT2D eigenvalue weighted by Crippen LogP contribution is 2.07. The summed E-state index contributed by atoms with van der Waals surface area (Å²) in [5.41, 5.74) is 1.14. The summed E-state index contributed by atoms with van der Waals surface area (Å²) < 4.78 is 5.27. The molecule has 1 heterocycles. The zero-order valence-corrected chi connectivity index (χ0v) is 9.66. The molecular weight excluding hydrogens is 192 g/mol. The van der Waals surface area contributed by atoms with Crippen LogP contribution in [-0.4, -0.2) is 43.3 Å². The van der Waals surface area contributed by atoms with Gasteiger partial charge in [-0.2, -0.15) is 0 Å². The first-order valence-corrected chi connectivity index (χ1v) is 5.16. The van der Waals surface area contributed by atoms with Crippen molar-refractivity contribution in [2.45, 2.75) is 19.6 Å². The normalized spacial score (nSPS) is 13.4. The molecule has 0 aliphatic heterocycles. The van der Waals surface area contributed by atoms with Crippen LogP contribution in [-0.2, 0) is 6.54 Å². The van der Waals surface area contributed by atoms with Crippen LogP contribution in [0.2, 0.25) is 0 Å². The van der Waals surface area contributed by atoms with Crippen LogP contribution in [0.4, 0.5) is 0 Å². The van der Waals surface area contributed by atoms with Crippen LogP contribution >= 0.6 is 0 Å². The maximum Gasteiger partial charge on any atom is 0.120 e. The molecule has 1 atom stereocenters. The Morgan fingerprint density at radius 3 is 2.80 bits per heavy atom. The van der Waals surface area contributed by atoms with Crippen LogP contribution in [0.3, 0.4) is 0 Å². The fraction of sp³-hybridized carbons (Fsp3) is 0.636. The predicted octanol–water partition coefficient (Wildman–Crippen LogP) is 0.600. The average Bonchev–Trinajstić information content (AvgIpc) is 2.50. The van der Waals surface area contributed by atoms with Gasteiger partial charge in [-0.3, -0.25) is 0 Å². The van der Waals surface area contributed by atoms with E-state index in [1.165, 1.54) is 0 Å². The predicted molar refractivity (Wildman–Crippen MR) is 59.7 cm³/mol. The SMILES string of the molecule is Cc1ccoc1CNCC(O)CN(C)C. The molecule has 0 aliphatic rings.